The third-order valence-electron chi connectivity index (χ3n) is 3.64. The number of carbonyl (C=O) groups is 2. The van der Waals surface area contributed by atoms with Crippen LogP contribution in [0.2, 0.25) is 0 Å². The summed E-state index contributed by atoms with van der Waals surface area (Å²) in [5.74, 6) is 0.0692. The van der Waals surface area contributed by atoms with Gasteiger partial charge in [-0.2, -0.15) is 0 Å². The zero-order valence-electron chi connectivity index (χ0n) is 12.5. The van der Waals surface area contributed by atoms with E-state index in [9.17, 15) is 9.59 Å². The molecular formula is C15H16N2O6. The molecule has 2 aromatic heterocycles. The van der Waals surface area contributed by atoms with E-state index in [1.165, 1.54) is 11.2 Å². The molecule has 8 nitrogen and oxygen atoms in total. The quantitative estimate of drug-likeness (QED) is 0.899. The molecular weight excluding hydrogens is 304 g/mol. The molecule has 3 rings (SSSR count). The summed E-state index contributed by atoms with van der Waals surface area (Å²) < 4.78 is 15.8. The van der Waals surface area contributed by atoms with Gasteiger partial charge in [0.2, 0.25) is 5.91 Å². The lowest BCUT2D eigenvalue weighted by molar-refractivity contribution is -0.159. The molecule has 1 atom stereocenters. The van der Waals surface area contributed by atoms with Gasteiger partial charge in [-0.05, 0) is 19.1 Å². The fourth-order valence-corrected chi connectivity index (χ4v) is 2.38. The maximum atomic E-state index is 12.4. The molecule has 1 N–H and O–H groups in total. The minimum absolute atomic E-state index is 0.0378. The molecule has 1 amide bonds. The van der Waals surface area contributed by atoms with Gasteiger partial charge in [0.25, 0.3) is 5.89 Å². The van der Waals surface area contributed by atoms with E-state index < -0.39 is 12.1 Å². The van der Waals surface area contributed by atoms with Crippen molar-refractivity contribution in [3.63, 3.8) is 0 Å². The lowest BCUT2D eigenvalue weighted by Crippen LogP contribution is -2.49. The van der Waals surface area contributed by atoms with E-state index in [-0.39, 0.29) is 25.5 Å². The molecule has 8 heteroatoms. The maximum Gasteiger partial charge on any atom is 0.334 e. The number of ether oxygens (including phenoxy) is 1. The zero-order chi connectivity index (χ0) is 16.4. The molecule has 0 saturated carbocycles. The molecule has 0 unspecified atom stereocenters. The monoisotopic (exact) mass is 320 g/mol. The molecule has 0 spiro atoms. The second kappa shape index (κ2) is 6.25. The highest BCUT2D eigenvalue weighted by Crippen LogP contribution is 2.22. The van der Waals surface area contributed by atoms with Crippen molar-refractivity contribution in [3.05, 3.63) is 29.9 Å². The summed E-state index contributed by atoms with van der Waals surface area (Å²) in [5.41, 5.74) is 0.514. The molecule has 2 aromatic rings. The highest BCUT2D eigenvalue weighted by molar-refractivity contribution is 5.80. The lowest BCUT2D eigenvalue weighted by Gasteiger charge is -2.30. The van der Waals surface area contributed by atoms with Crippen molar-refractivity contribution in [2.75, 3.05) is 19.7 Å². The first-order valence-corrected chi connectivity index (χ1v) is 7.17. The molecule has 0 bridgehead atoms. The number of aryl methyl sites for hydroxylation is 1. The van der Waals surface area contributed by atoms with Gasteiger partial charge in [-0.3, -0.25) is 4.79 Å². The van der Waals surface area contributed by atoms with E-state index in [0.717, 1.165) is 0 Å². The van der Waals surface area contributed by atoms with E-state index in [0.29, 0.717) is 29.6 Å². The first-order valence-electron chi connectivity index (χ1n) is 7.17. The van der Waals surface area contributed by atoms with Crippen molar-refractivity contribution in [3.8, 4) is 11.7 Å². The summed E-state index contributed by atoms with van der Waals surface area (Å²) in [6.45, 7) is 2.33. The SMILES string of the molecule is Cc1oc(-c2ccco2)nc1CC(=O)N1CCO[C@H](C(=O)O)C1. The van der Waals surface area contributed by atoms with Crippen LogP contribution < -0.4 is 0 Å². The minimum Gasteiger partial charge on any atom is -0.479 e. The number of carboxylic acid groups (broad SMARTS) is 1. The van der Waals surface area contributed by atoms with E-state index in [4.69, 9.17) is 18.7 Å². The second-order valence-corrected chi connectivity index (χ2v) is 5.21. The Labute approximate surface area is 131 Å². The summed E-state index contributed by atoms with van der Waals surface area (Å²) in [6.07, 6.45) is 0.576. The Morgan fingerprint density at radius 3 is 3.00 bits per heavy atom. The topological polar surface area (TPSA) is 106 Å². The third-order valence-corrected chi connectivity index (χ3v) is 3.64. The van der Waals surface area contributed by atoms with Gasteiger partial charge in [0.15, 0.2) is 11.9 Å². The molecule has 0 aromatic carbocycles. The van der Waals surface area contributed by atoms with Gasteiger partial charge >= 0.3 is 5.97 Å². The first kappa shape index (κ1) is 15.3. The molecule has 122 valence electrons. The van der Waals surface area contributed by atoms with Gasteiger partial charge in [-0.15, -0.1) is 0 Å². The number of amides is 1. The Morgan fingerprint density at radius 2 is 2.30 bits per heavy atom. The molecule has 1 aliphatic rings. The summed E-state index contributed by atoms with van der Waals surface area (Å²) in [5, 5.41) is 8.98. The highest BCUT2D eigenvalue weighted by atomic mass is 16.5. The summed E-state index contributed by atoms with van der Waals surface area (Å²) in [6, 6.07) is 3.44. The number of carbonyl (C=O) groups excluding carboxylic acids is 1. The Kier molecular flexibility index (Phi) is 4.16. The van der Waals surface area contributed by atoms with Crippen molar-refractivity contribution < 1.29 is 28.3 Å². The van der Waals surface area contributed by atoms with Crippen molar-refractivity contribution in [2.24, 2.45) is 0 Å². The number of carboxylic acids is 1. The molecule has 23 heavy (non-hydrogen) atoms. The van der Waals surface area contributed by atoms with E-state index in [1.54, 1.807) is 19.1 Å². The van der Waals surface area contributed by atoms with Crippen LogP contribution in [0.5, 0.6) is 0 Å². The number of oxazole rings is 1. The maximum absolute atomic E-state index is 12.4. The van der Waals surface area contributed by atoms with Crippen LogP contribution in [0.4, 0.5) is 0 Å². The number of hydrogen-bond donors (Lipinski definition) is 1. The van der Waals surface area contributed by atoms with Crippen LogP contribution in [-0.2, 0) is 20.7 Å². The van der Waals surface area contributed by atoms with Crippen LogP contribution >= 0.6 is 0 Å². The van der Waals surface area contributed by atoms with Crippen LogP contribution in [0.25, 0.3) is 11.7 Å². The Balaban J connectivity index is 1.69. The van der Waals surface area contributed by atoms with Crippen LogP contribution in [0.3, 0.4) is 0 Å². The van der Waals surface area contributed by atoms with Gasteiger partial charge in [0.05, 0.1) is 31.5 Å². The smallest absolute Gasteiger partial charge is 0.334 e. The molecule has 1 aliphatic heterocycles. The van der Waals surface area contributed by atoms with Gasteiger partial charge in [0, 0.05) is 6.54 Å². The predicted octanol–water partition coefficient (Wildman–Crippen LogP) is 1.10. The van der Waals surface area contributed by atoms with Crippen molar-refractivity contribution in [2.45, 2.75) is 19.4 Å². The molecule has 1 saturated heterocycles. The van der Waals surface area contributed by atoms with Crippen LogP contribution in [0, 0.1) is 6.92 Å². The summed E-state index contributed by atoms with van der Waals surface area (Å²) in [7, 11) is 0. The van der Waals surface area contributed by atoms with Crippen LogP contribution in [-0.4, -0.2) is 52.7 Å². The average Bonchev–Trinajstić information content (AvgIpc) is 3.18. The van der Waals surface area contributed by atoms with E-state index in [1.807, 2.05) is 0 Å². The van der Waals surface area contributed by atoms with Crippen molar-refractivity contribution in [1.82, 2.24) is 9.88 Å². The van der Waals surface area contributed by atoms with E-state index in [2.05, 4.69) is 4.98 Å². The number of morpholine rings is 1. The van der Waals surface area contributed by atoms with Gasteiger partial charge in [-0.25, -0.2) is 9.78 Å². The molecule has 3 heterocycles. The average molecular weight is 320 g/mol. The number of nitrogens with zero attached hydrogens (tertiary/aromatic N) is 2. The molecule has 0 radical (unpaired) electrons. The largest absolute Gasteiger partial charge is 0.479 e. The van der Waals surface area contributed by atoms with E-state index >= 15 is 0 Å². The summed E-state index contributed by atoms with van der Waals surface area (Å²) >= 11 is 0. The van der Waals surface area contributed by atoms with Crippen LogP contribution in [0.15, 0.2) is 27.2 Å². The van der Waals surface area contributed by atoms with Gasteiger partial charge < -0.3 is 23.6 Å². The summed E-state index contributed by atoms with van der Waals surface area (Å²) in [4.78, 5) is 29.1. The minimum atomic E-state index is -1.07. The van der Waals surface area contributed by atoms with Gasteiger partial charge in [0.1, 0.15) is 5.76 Å². The molecule has 1 fully saturated rings. The Bertz CT molecular complexity index is 706. The second-order valence-electron chi connectivity index (χ2n) is 5.21. The third kappa shape index (κ3) is 3.26. The number of hydrogen-bond acceptors (Lipinski definition) is 6. The Morgan fingerprint density at radius 1 is 1.48 bits per heavy atom. The first-order chi connectivity index (χ1) is 11.0. The van der Waals surface area contributed by atoms with Crippen molar-refractivity contribution >= 4 is 11.9 Å². The zero-order valence-corrected chi connectivity index (χ0v) is 12.5. The predicted molar refractivity (Wildman–Crippen MR) is 76.6 cm³/mol. The lowest BCUT2D eigenvalue weighted by atomic mass is 10.2. The Hall–Kier alpha value is -2.61. The molecule has 0 aliphatic carbocycles. The van der Waals surface area contributed by atoms with Crippen LogP contribution in [0.1, 0.15) is 11.5 Å². The van der Waals surface area contributed by atoms with Gasteiger partial charge in [-0.1, -0.05) is 0 Å². The van der Waals surface area contributed by atoms with Crippen molar-refractivity contribution in [1.29, 1.82) is 0 Å². The highest BCUT2D eigenvalue weighted by Gasteiger charge is 2.29. The number of aromatic nitrogens is 1. The number of aliphatic carboxylic acids is 1. The fraction of sp³-hybridized carbons (Fsp3) is 0.400. The number of furan rings is 1. The normalized spacial score (nSPS) is 18.1. The number of rotatable bonds is 4. The standard InChI is InChI=1S/C15H16N2O6/c1-9-10(16-14(23-9)11-3-2-5-21-11)7-13(18)17-4-6-22-12(8-17)15(19)20/h2-3,5,12H,4,6-8H2,1H3,(H,19,20)/t12-/m0/s1. The fourth-order valence-electron chi connectivity index (χ4n) is 2.38.